The third-order valence-electron chi connectivity index (χ3n) is 5.49. The number of nitrogens with one attached hydrogen (secondary N) is 1. The van der Waals surface area contributed by atoms with Gasteiger partial charge in [0.2, 0.25) is 5.91 Å². The number of hydrogen-bond acceptors (Lipinski definition) is 5. The lowest BCUT2D eigenvalue weighted by Crippen LogP contribution is -2.54. The zero-order chi connectivity index (χ0) is 18.0. The molecule has 5 nitrogen and oxygen atoms in total. The number of nitrogens with zero attached hydrogens (tertiary/aromatic N) is 1. The Balaban J connectivity index is 0.00000182. The summed E-state index contributed by atoms with van der Waals surface area (Å²) in [6, 6.07) is 10.4. The lowest BCUT2D eigenvalue weighted by Gasteiger charge is -2.35. The van der Waals surface area contributed by atoms with Crippen LogP contribution in [0.4, 0.5) is 0 Å². The first-order valence-electron chi connectivity index (χ1n) is 8.92. The number of ether oxygens (including phenoxy) is 1. The molecule has 1 aromatic rings. The third kappa shape index (κ3) is 5.75. The van der Waals surface area contributed by atoms with E-state index in [2.05, 4.69) is 22.3 Å². The topological polar surface area (TPSA) is 67.6 Å². The average molecular weight is 436 g/mol. The van der Waals surface area contributed by atoms with Crippen molar-refractivity contribution >= 4 is 42.5 Å². The predicted octanol–water partition coefficient (Wildman–Crippen LogP) is 2.63. The molecule has 8 heteroatoms. The highest BCUT2D eigenvalue weighted by Crippen LogP contribution is 2.30. The summed E-state index contributed by atoms with van der Waals surface area (Å²) in [4.78, 5) is 14.9. The van der Waals surface area contributed by atoms with Crippen molar-refractivity contribution in [1.29, 1.82) is 0 Å². The van der Waals surface area contributed by atoms with Gasteiger partial charge >= 0.3 is 0 Å². The molecule has 2 fully saturated rings. The molecule has 0 spiro atoms. The summed E-state index contributed by atoms with van der Waals surface area (Å²) in [6.45, 7) is 6.49. The quantitative estimate of drug-likeness (QED) is 0.743. The molecule has 3 rings (SSSR count). The number of carbonyl (C=O) groups excluding carboxylic acids is 1. The van der Waals surface area contributed by atoms with Crippen LogP contribution < -0.4 is 11.1 Å². The number of fused-ring (bicyclic) bond motifs is 1. The van der Waals surface area contributed by atoms with Crippen molar-refractivity contribution in [2.24, 2.45) is 5.73 Å². The van der Waals surface area contributed by atoms with Gasteiger partial charge in [-0.05, 0) is 32.1 Å². The third-order valence-corrected chi connectivity index (χ3v) is 6.80. The highest BCUT2D eigenvalue weighted by Gasteiger charge is 2.40. The number of benzene rings is 1. The van der Waals surface area contributed by atoms with E-state index in [1.165, 1.54) is 5.56 Å². The minimum absolute atomic E-state index is 0. The largest absolute Gasteiger partial charge is 0.371 e. The fraction of sp³-hybridized carbons (Fsp3) is 0.632. The standard InChI is InChI=1S/C19H29N3O2S.2ClH/c1-19(2,25-3)17(20)18(23)21-14-9-15-12-24-16(11-22(15)10-14)13-7-5-4-6-8-13;;/h4-8,14-17H,9-12,20H2,1-3H3,(H,21,23);2*1H/t14-,15-,16+,17+;;/m0../s1. The number of amides is 1. The second-order valence-corrected chi connectivity index (χ2v) is 9.03. The van der Waals surface area contributed by atoms with Crippen LogP contribution in [-0.4, -0.2) is 59.6 Å². The lowest BCUT2D eigenvalue weighted by atomic mass is 10.0. The van der Waals surface area contributed by atoms with Crippen molar-refractivity contribution in [3.63, 3.8) is 0 Å². The highest BCUT2D eigenvalue weighted by molar-refractivity contribution is 8.00. The number of morpholine rings is 1. The van der Waals surface area contributed by atoms with Gasteiger partial charge in [-0.15, -0.1) is 24.8 Å². The van der Waals surface area contributed by atoms with E-state index in [1.807, 2.05) is 38.3 Å². The Morgan fingerprint density at radius 2 is 1.96 bits per heavy atom. The Morgan fingerprint density at radius 1 is 1.30 bits per heavy atom. The zero-order valence-electron chi connectivity index (χ0n) is 16.1. The van der Waals surface area contributed by atoms with E-state index in [1.54, 1.807) is 11.8 Å². The van der Waals surface area contributed by atoms with Crippen molar-refractivity contribution in [1.82, 2.24) is 10.2 Å². The molecule has 0 radical (unpaired) electrons. The van der Waals surface area contributed by atoms with Gasteiger partial charge in [0, 0.05) is 29.9 Å². The first kappa shape index (κ1) is 24.5. The Labute approximate surface area is 179 Å². The molecule has 1 amide bonds. The molecule has 2 aliphatic heterocycles. The fourth-order valence-corrected chi connectivity index (χ4v) is 3.94. The Kier molecular flexibility index (Phi) is 9.38. The molecule has 0 bridgehead atoms. The van der Waals surface area contributed by atoms with Crippen molar-refractivity contribution in [3.05, 3.63) is 35.9 Å². The summed E-state index contributed by atoms with van der Waals surface area (Å²) in [7, 11) is 0. The van der Waals surface area contributed by atoms with Gasteiger partial charge < -0.3 is 15.8 Å². The second-order valence-electron chi connectivity index (χ2n) is 7.57. The van der Waals surface area contributed by atoms with Crippen molar-refractivity contribution in [2.45, 2.75) is 49.2 Å². The van der Waals surface area contributed by atoms with Gasteiger partial charge in [0.15, 0.2) is 0 Å². The van der Waals surface area contributed by atoms with Crippen molar-refractivity contribution in [2.75, 3.05) is 26.0 Å². The maximum Gasteiger partial charge on any atom is 0.238 e. The maximum atomic E-state index is 12.5. The molecule has 0 saturated carbocycles. The van der Waals surface area contributed by atoms with Crippen LogP contribution >= 0.6 is 36.6 Å². The van der Waals surface area contributed by atoms with E-state index in [9.17, 15) is 4.79 Å². The molecule has 0 unspecified atom stereocenters. The summed E-state index contributed by atoms with van der Waals surface area (Å²) in [5.74, 6) is -0.0512. The SMILES string of the molecule is CSC(C)(C)[C@H](N)C(=O)N[C@H]1C[C@H]2CO[C@@H](c3ccccc3)CN2C1.Cl.Cl. The Morgan fingerprint density at radius 3 is 2.59 bits per heavy atom. The summed E-state index contributed by atoms with van der Waals surface area (Å²) >= 11 is 1.62. The van der Waals surface area contributed by atoms with Gasteiger partial charge in [-0.3, -0.25) is 9.69 Å². The second kappa shape index (κ2) is 10.3. The van der Waals surface area contributed by atoms with E-state index in [4.69, 9.17) is 10.5 Å². The molecular formula is C19H31Cl2N3O2S. The summed E-state index contributed by atoms with van der Waals surface area (Å²) in [5, 5.41) is 3.16. The number of hydrogen-bond donors (Lipinski definition) is 2. The normalized spacial score (nSPS) is 26.3. The monoisotopic (exact) mass is 435 g/mol. The molecule has 4 atom stereocenters. The van der Waals surface area contributed by atoms with E-state index < -0.39 is 6.04 Å². The number of rotatable bonds is 5. The van der Waals surface area contributed by atoms with Crippen molar-refractivity contribution < 1.29 is 9.53 Å². The van der Waals surface area contributed by atoms with Gasteiger partial charge in [-0.1, -0.05) is 30.3 Å². The van der Waals surface area contributed by atoms with Crippen LogP contribution in [0.2, 0.25) is 0 Å². The summed E-state index contributed by atoms with van der Waals surface area (Å²) < 4.78 is 5.80. The smallest absolute Gasteiger partial charge is 0.238 e. The van der Waals surface area contributed by atoms with Crippen LogP contribution in [0.25, 0.3) is 0 Å². The average Bonchev–Trinajstić information content (AvgIpc) is 3.02. The number of thioether (sulfide) groups is 1. The van der Waals surface area contributed by atoms with Crippen LogP contribution in [0.1, 0.15) is 31.9 Å². The van der Waals surface area contributed by atoms with E-state index >= 15 is 0 Å². The van der Waals surface area contributed by atoms with Crippen LogP contribution in [-0.2, 0) is 9.53 Å². The number of carbonyl (C=O) groups is 1. The Bertz CT molecular complexity index is 606. The predicted molar refractivity (Wildman–Crippen MR) is 117 cm³/mol. The van der Waals surface area contributed by atoms with E-state index in [0.29, 0.717) is 12.6 Å². The molecule has 2 saturated heterocycles. The molecular weight excluding hydrogens is 405 g/mol. The van der Waals surface area contributed by atoms with Gasteiger partial charge in [0.1, 0.15) is 0 Å². The van der Waals surface area contributed by atoms with Crippen LogP contribution in [0, 0.1) is 0 Å². The zero-order valence-corrected chi connectivity index (χ0v) is 18.5. The van der Waals surface area contributed by atoms with Crippen molar-refractivity contribution in [3.8, 4) is 0 Å². The first-order chi connectivity index (χ1) is 11.9. The number of halogens is 2. The molecule has 1 aromatic carbocycles. The fourth-order valence-electron chi connectivity index (χ4n) is 3.58. The maximum absolute atomic E-state index is 12.5. The minimum Gasteiger partial charge on any atom is -0.371 e. The highest BCUT2D eigenvalue weighted by atomic mass is 35.5. The van der Waals surface area contributed by atoms with Crippen LogP contribution in [0.3, 0.4) is 0 Å². The molecule has 27 heavy (non-hydrogen) atoms. The summed E-state index contributed by atoms with van der Waals surface area (Å²) in [5.41, 5.74) is 7.38. The van der Waals surface area contributed by atoms with Crippen LogP contribution in [0.15, 0.2) is 30.3 Å². The van der Waals surface area contributed by atoms with E-state index in [0.717, 1.165) is 19.5 Å². The lowest BCUT2D eigenvalue weighted by molar-refractivity contribution is -0.123. The van der Waals surface area contributed by atoms with Gasteiger partial charge in [-0.25, -0.2) is 0 Å². The minimum atomic E-state index is -0.506. The molecule has 3 N–H and O–H groups in total. The molecule has 0 aromatic heterocycles. The van der Waals surface area contributed by atoms with Crippen LogP contribution in [0.5, 0.6) is 0 Å². The van der Waals surface area contributed by atoms with Gasteiger partial charge in [0.25, 0.3) is 0 Å². The molecule has 2 aliphatic rings. The molecule has 154 valence electrons. The molecule has 2 heterocycles. The Hall–Kier alpha value is -0.500. The van der Waals surface area contributed by atoms with E-state index in [-0.39, 0.29) is 47.6 Å². The summed E-state index contributed by atoms with van der Waals surface area (Å²) in [6.07, 6.45) is 3.04. The number of nitrogens with two attached hydrogens (primary N) is 1. The first-order valence-corrected chi connectivity index (χ1v) is 10.1. The van der Waals surface area contributed by atoms with Gasteiger partial charge in [0.05, 0.1) is 18.8 Å². The van der Waals surface area contributed by atoms with Gasteiger partial charge in [-0.2, -0.15) is 11.8 Å². The molecule has 0 aliphatic carbocycles.